The van der Waals surface area contributed by atoms with Crippen LogP contribution in [-0.4, -0.2) is 17.0 Å². The molecular weight excluding hydrogens is 146 g/mol. The van der Waals surface area contributed by atoms with Gasteiger partial charge in [0, 0.05) is 18.3 Å². The minimum atomic E-state index is 0.259. The summed E-state index contributed by atoms with van der Waals surface area (Å²) in [5.74, 6) is 0. The third-order valence-corrected chi connectivity index (χ3v) is 2.31. The second kappa shape index (κ2) is 3.34. The molecule has 0 amide bonds. The smallest absolute Gasteiger partial charge is 0.0312 e. The summed E-state index contributed by atoms with van der Waals surface area (Å²) < 4.78 is 0. The van der Waals surface area contributed by atoms with Gasteiger partial charge in [0.25, 0.3) is 0 Å². The summed E-state index contributed by atoms with van der Waals surface area (Å²) in [6.45, 7) is 11.7. The van der Waals surface area contributed by atoms with Crippen LogP contribution in [0, 0.1) is 0 Å². The van der Waals surface area contributed by atoms with Gasteiger partial charge in [-0.15, -0.1) is 0 Å². The normalized spacial score (nSPS) is 18.9. The predicted molar refractivity (Wildman–Crippen MR) is 54.0 cm³/mol. The van der Waals surface area contributed by atoms with Crippen LogP contribution in [0.25, 0.3) is 0 Å². The highest BCUT2D eigenvalue weighted by Crippen LogP contribution is 2.22. The lowest BCUT2D eigenvalue weighted by Crippen LogP contribution is -2.39. The molecule has 0 saturated heterocycles. The molecule has 0 bridgehead atoms. The lowest BCUT2D eigenvalue weighted by molar-refractivity contribution is 0.194. The van der Waals surface area contributed by atoms with Crippen LogP contribution >= 0.6 is 0 Å². The second-order valence-electron chi connectivity index (χ2n) is 4.38. The molecule has 0 unspecified atom stereocenters. The zero-order chi connectivity index (χ0) is 9.19. The van der Waals surface area contributed by atoms with E-state index in [0.29, 0.717) is 0 Å². The molecule has 0 N–H and O–H groups in total. The van der Waals surface area contributed by atoms with Crippen molar-refractivity contribution in [2.45, 2.75) is 39.2 Å². The van der Waals surface area contributed by atoms with Crippen LogP contribution < -0.4 is 0 Å². The molecule has 1 nitrogen and oxygen atoms in total. The number of allylic oxidation sites excluding steroid dienone is 2. The van der Waals surface area contributed by atoms with Crippen molar-refractivity contribution in [3.63, 3.8) is 0 Å². The van der Waals surface area contributed by atoms with Crippen molar-refractivity contribution in [1.29, 1.82) is 0 Å². The molecule has 68 valence electrons. The Balaban J connectivity index is 2.74. The van der Waals surface area contributed by atoms with Crippen molar-refractivity contribution in [3.05, 3.63) is 24.4 Å². The maximum Gasteiger partial charge on any atom is 0.0312 e. The number of hydrogen-bond acceptors (Lipinski definition) is 1. The molecule has 12 heavy (non-hydrogen) atoms. The Morgan fingerprint density at radius 2 is 2.17 bits per heavy atom. The first-order valence-electron chi connectivity index (χ1n) is 4.64. The van der Waals surface area contributed by atoms with Crippen molar-refractivity contribution in [1.82, 2.24) is 4.90 Å². The molecule has 0 aliphatic carbocycles. The molecule has 1 heteroatoms. The van der Waals surface area contributed by atoms with Crippen molar-refractivity contribution in [2.24, 2.45) is 0 Å². The van der Waals surface area contributed by atoms with Crippen molar-refractivity contribution >= 4 is 0 Å². The van der Waals surface area contributed by atoms with Crippen LogP contribution in [-0.2, 0) is 0 Å². The highest BCUT2D eigenvalue weighted by molar-refractivity contribution is 5.18. The van der Waals surface area contributed by atoms with E-state index in [1.54, 1.807) is 0 Å². The van der Waals surface area contributed by atoms with E-state index in [9.17, 15) is 0 Å². The average Bonchev–Trinajstić information content (AvgIpc) is 2.03. The predicted octanol–water partition coefficient (Wildman–Crippen LogP) is 2.95. The van der Waals surface area contributed by atoms with Gasteiger partial charge in [0.05, 0.1) is 0 Å². The molecule has 0 fully saturated rings. The van der Waals surface area contributed by atoms with Gasteiger partial charge in [0.15, 0.2) is 0 Å². The third-order valence-electron chi connectivity index (χ3n) is 2.31. The Morgan fingerprint density at radius 1 is 1.50 bits per heavy atom. The summed E-state index contributed by atoms with van der Waals surface area (Å²) in [7, 11) is 0. The van der Waals surface area contributed by atoms with Crippen LogP contribution in [0.2, 0.25) is 0 Å². The van der Waals surface area contributed by atoms with E-state index in [1.165, 1.54) is 25.0 Å². The van der Waals surface area contributed by atoms with Gasteiger partial charge in [-0.1, -0.05) is 12.7 Å². The lowest BCUT2D eigenvalue weighted by Gasteiger charge is -2.37. The van der Waals surface area contributed by atoms with Gasteiger partial charge in [-0.3, -0.25) is 0 Å². The van der Waals surface area contributed by atoms with Gasteiger partial charge in [0.2, 0.25) is 0 Å². The van der Waals surface area contributed by atoms with Gasteiger partial charge in [0.1, 0.15) is 0 Å². The molecule has 1 heterocycles. The molecule has 0 aromatic rings. The first-order chi connectivity index (χ1) is 5.54. The molecule has 0 radical (unpaired) electrons. The number of nitrogens with zero attached hydrogens (tertiary/aromatic N) is 1. The molecular formula is C11H19N. The van der Waals surface area contributed by atoms with Gasteiger partial charge < -0.3 is 4.90 Å². The Hall–Kier alpha value is -0.720. The highest BCUT2D eigenvalue weighted by Gasteiger charge is 2.20. The van der Waals surface area contributed by atoms with Crippen LogP contribution in [0.1, 0.15) is 33.6 Å². The summed E-state index contributed by atoms with van der Waals surface area (Å²) in [5.41, 5.74) is 1.63. The van der Waals surface area contributed by atoms with Crippen LogP contribution in [0.3, 0.4) is 0 Å². The summed E-state index contributed by atoms with van der Waals surface area (Å²) in [6, 6.07) is 0. The SMILES string of the molecule is C=CC1=CN(C(C)(C)C)CCC1. The largest absolute Gasteiger partial charge is 0.372 e. The maximum atomic E-state index is 3.81. The number of hydrogen-bond donors (Lipinski definition) is 0. The molecule has 0 saturated carbocycles. The second-order valence-corrected chi connectivity index (χ2v) is 4.38. The summed E-state index contributed by atoms with van der Waals surface area (Å²) in [5, 5.41) is 0. The topological polar surface area (TPSA) is 3.24 Å². The molecule has 0 spiro atoms. The molecule has 1 rings (SSSR count). The van der Waals surface area contributed by atoms with E-state index in [1.807, 2.05) is 6.08 Å². The van der Waals surface area contributed by atoms with E-state index >= 15 is 0 Å². The van der Waals surface area contributed by atoms with Crippen LogP contribution in [0.15, 0.2) is 24.4 Å². The van der Waals surface area contributed by atoms with Gasteiger partial charge in [-0.05, 0) is 39.2 Å². The standard InChI is InChI=1S/C11H19N/c1-5-10-7-6-8-12(9-10)11(2,3)4/h5,9H,1,6-8H2,2-4H3. The first kappa shape index (κ1) is 9.37. The fraction of sp³-hybridized carbons (Fsp3) is 0.636. The first-order valence-corrected chi connectivity index (χ1v) is 4.64. The van der Waals surface area contributed by atoms with Crippen LogP contribution in [0.5, 0.6) is 0 Å². The summed E-state index contributed by atoms with van der Waals surface area (Å²) in [4.78, 5) is 2.40. The van der Waals surface area contributed by atoms with E-state index in [-0.39, 0.29) is 5.54 Å². The fourth-order valence-electron chi connectivity index (χ4n) is 1.47. The third kappa shape index (κ3) is 2.13. The maximum absolute atomic E-state index is 3.81. The Kier molecular flexibility index (Phi) is 2.61. The fourth-order valence-corrected chi connectivity index (χ4v) is 1.47. The summed E-state index contributed by atoms with van der Waals surface area (Å²) in [6.07, 6.45) is 6.67. The van der Waals surface area contributed by atoms with Gasteiger partial charge in [-0.2, -0.15) is 0 Å². The number of rotatable bonds is 1. The Labute approximate surface area is 75.8 Å². The minimum Gasteiger partial charge on any atom is -0.372 e. The van der Waals surface area contributed by atoms with Crippen molar-refractivity contribution in [3.8, 4) is 0 Å². The zero-order valence-electron chi connectivity index (χ0n) is 8.43. The van der Waals surface area contributed by atoms with E-state index in [0.717, 1.165) is 0 Å². The average molecular weight is 165 g/mol. The van der Waals surface area contributed by atoms with Crippen molar-refractivity contribution in [2.75, 3.05) is 6.54 Å². The summed E-state index contributed by atoms with van der Waals surface area (Å²) >= 11 is 0. The lowest BCUT2D eigenvalue weighted by atomic mass is 10.0. The van der Waals surface area contributed by atoms with E-state index < -0.39 is 0 Å². The molecule has 0 aromatic heterocycles. The highest BCUT2D eigenvalue weighted by atomic mass is 15.2. The molecule has 1 aliphatic heterocycles. The molecule has 0 atom stereocenters. The van der Waals surface area contributed by atoms with E-state index in [2.05, 4.69) is 38.5 Å². The zero-order valence-corrected chi connectivity index (χ0v) is 8.43. The monoisotopic (exact) mass is 165 g/mol. The minimum absolute atomic E-state index is 0.259. The van der Waals surface area contributed by atoms with Crippen molar-refractivity contribution < 1.29 is 0 Å². The van der Waals surface area contributed by atoms with Gasteiger partial charge in [-0.25, -0.2) is 0 Å². The van der Waals surface area contributed by atoms with Gasteiger partial charge >= 0.3 is 0 Å². The molecule has 1 aliphatic rings. The van der Waals surface area contributed by atoms with Crippen LogP contribution in [0.4, 0.5) is 0 Å². The quantitative estimate of drug-likeness (QED) is 0.577. The Bertz CT molecular complexity index is 196. The van der Waals surface area contributed by atoms with E-state index in [4.69, 9.17) is 0 Å². The molecule has 0 aromatic carbocycles. The Morgan fingerprint density at radius 3 is 2.67 bits per heavy atom.